The second-order valence-corrected chi connectivity index (χ2v) is 4.43. The van der Waals surface area contributed by atoms with E-state index in [1.807, 2.05) is 0 Å². The van der Waals surface area contributed by atoms with Crippen LogP contribution in [-0.4, -0.2) is 13.3 Å². The lowest BCUT2D eigenvalue weighted by Gasteiger charge is -2.09. The second-order valence-electron chi connectivity index (χ2n) is 3.13. The van der Waals surface area contributed by atoms with Gasteiger partial charge in [0.1, 0.15) is 5.69 Å². The number of benzene rings is 1. The van der Waals surface area contributed by atoms with Gasteiger partial charge in [-0.15, -0.1) is 0 Å². The van der Waals surface area contributed by atoms with E-state index in [2.05, 4.69) is 5.14 Å². The first-order valence-electron chi connectivity index (χ1n) is 4.17. The molecule has 0 saturated carbocycles. The second kappa shape index (κ2) is 4.42. The van der Waals surface area contributed by atoms with Crippen LogP contribution in [0, 0.1) is 10.1 Å². The van der Waals surface area contributed by atoms with Gasteiger partial charge in [-0.3, -0.25) is 14.8 Å². The van der Waals surface area contributed by atoms with Gasteiger partial charge in [0.25, 0.3) is 15.9 Å². The quantitative estimate of drug-likeness (QED) is 0.641. The molecule has 100 valence electrons. The minimum Gasteiger partial charge on any atom is -0.264 e. The maximum absolute atomic E-state index is 12.3. The van der Waals surface area contributed by atoms with Crippen molar-refractivity contribution in [1.29, 1.82) is 0 Å². The van der Waals surface area contributed by atoms with Gasteiger partial charge in [-0.2, -0.15) is 21.6 Å². The number of nitrogens with two attached hydrogens (primary N) is 1. The number of rotatable bonds is 3. The lowest BCUT2D eigenvalue weighted by Crippen LogP contribution is -2.22. The minimum atomic E-state index is -4.77. The molecule has 0 radical (unpaired) electrons. The Labute approximate surface area is 98.7 Å². The summed E-state index contributed by atoms with van der Waals surface area (Å²) < 4.78 is 59.9. The van der Waals surface area contributed by atoms with Gasteiger partial charge in [0.15, 0.2) is 0 Å². The summed E-state index contributed by atoms with van der Waals surface area (Å²) in [5, 5.41) is 15.1. The third kappa shape index (κ3) is 3.56. The van der Waals surface area contributed by atoms with Crippen LogP contribution in [0.3, 0.4) is 0 Å². The lowest BCUT2D eigenvalue weighted by atomic mass is 10.1. The van der Waals surface area contributed by atoms with Gasteiger partial charge in [0, 0.05) is 6.07 Å². The molecule has 0 saturated heterocycles. The number of hydrogen-bond acceptors (Lipinski definition) is 4. The molecule has 0 atom stereocenters. The zero-order valence-electron chi connectivity index (χ0n) is 8.43. The number of nitro groups is 1. The van der Waals surface area contributed by atoms with Crippen LogP contribution in [0.15, 0.2) is 18.2 Å². The van der Waals surface area contributed by atoms with Crippen LogP contribution in [0.4, 0.5) is 24.5 Å². The Morgan fingerprint density at radius 1 is 1.33 bits per heavy atom. The molecule has 0 fully saturated rings. The number of nitrogens with one attached hydrogen (secondary N) is 1. The molecule has 0 aliphatic carbocycles. The van der Waals surface area contributed by atoms with Crippen LogP contribution >= 0.6 is 0 Å². The van der Waals surface area contributed by atoms with Gasteiger partial charge in [0.2, 0.25) is 0 Å². The van der Waals surface area contributed by atoms with Gasteiger partial charge in [-0.05, 0) is 12.1 Å². The summed E-state index contributed by atoms with van der Waals surface area (Å²) in [5.41, 5.74) is -2.96. The molecule has 1 rings (SSSR count). The van der Waals surface area contributed by atoms with Gasteiger partial charge >= 0.3 is 6.18 Å². The highest BCUT2D eigenvalue weighted by molar-refractivity contribution is 7.90. The molecule has 0 aliphatic heterocycles. The van der Waals surface area contributed by atoms with Crippen molar-refractivity contribution in [3.63, 3.8) is 0 Å². The smallest absolute Gasteiger partial charge is 0.264 e. The molecular weight excluding hydrogens is 279 g/mol. The van der Waals surface area contributed by atoms with E-state index in [9.17, 15) is 31.7 Å². The minimum absolute atomic E-state index is 0.216. The molecule has 0 aromatic heterocycles. The summed E-state index contributed by atoms with van der Waals surface area (Å²) in [5.74, 6) is 0. The summed E-state index contributed by atoms with van der Waals surface area (Å²) >= 11 is 0. The molecule has 3 N–H and O–H groups in total. The lowest BCUT2D eigenvalue weighted by molar-refractivity contribution is -0.384. The fourth-order valence-electron chi connectivity index (χ4n) is 1.10. The fourth-order valence-corrected chi connectivity index (χ4v) is 1.58. The van der Waals surface area contributed by atoms with Crippen molar-refractivity contribution in [2.24, 2.45) is 5.14 Å². The Hall–Kier alpha value is -1.88. The molecule has 0 bridgehead atoms. The first-order chi connectivity index (χ1) is 8.00. The average molecular weight is 285 g/mol. The van der Waals surface area contributed by atoms with Gasteiger partial charge in [-0.1, -0.05) is 0 Å². The van der Waals surface area contributed by atoms with Crippen molar-refractivity contribution in [2.75, 3.05) is 4.72 Å². The van der Waals surface area contributed by atoms with Crippen LogP contribution in [0.5, 0.6) is 0 Å². The van der Waals surface area contributed by atoms with Gasteiger partial charge in [0.05, 0.1) is 10.5 Å². The number of hydrogen-bond donors (Lipinski definition) is 2. The average Bonchev–Trinajstić information content (AvgIpc) is 2.13. The predicted octanol–water partition coefficient (Wildman–Crippen LogP) is 1.23. The highest BCUT2D eigenvalue weighted by Crippen LogP contribution is 2.35. The third-order valence-electron chi connectivity index (χ3n) is 1.77. The number of nitrogens with zero attached hydrogens (tertiary/aromatic N) is 1. The molecule has 0 unspecified atom stereocenters. The van der Waals surface area contributed by atoms with E-state index in [0.717, 1.165) is 0 Å². The standard InChI is InChI=1S/C7H6F3N3O4S/c8-7(9,10)4-1-2-5(12-18(11,16)17)6(3-4)13(14)15/h1-3,12H,(H2,11,16,17). The van der Waals surface area contributed by atoms with Crippen LogP contribution in [-0.2, 0) is 16.4 Å². The third-order valence-corrected chi connectivity index (χ3v) is 2.28. The summed E-state index contributed by atoms with van der Waals surface area (Å²) in [6.45, 7) is 0. The van der Waals surface area contributed by atoms with Crippen LogP contribution < -0.4 is 9.86 Å². The zero-order valence-corrected chi connectivity index (χ0v) is 9.25. The van der Waals surface area contributed by atoms with Crippen molar-refractivity contribution in [2.45, 2.75) is 6.18 Å². The van der Waals surface area contributed by atoms with Crippen molar-refractivity contribution < 1.29 is 26.5 Å². The molecule has 18 heavy (non-hydrogen) atoms. The SMILES string of the molecule is NS(=O)(=O)Nc1ccc(C(F)(F)F)cc1[N+](=O)[O-]. The Balaban J connectivity index is 3.34. The van der Waals surface area contributed by atoms with E-state index in [1.165, 1.54) is 0 Å². The van der Waals surface area contributed by atoms with Crippen LogP contribution in [0.2, 0.25) is 0 Å². The van der Waals surface area contributed by atoms with E-state index < -0.39 is 38.2 Å². The Bertz CT molecular complexity index is 584. The molecule has 7 nitrogen and oxygen atoms in total. The number of nitro benzene ring substituents is 1. The van der Waals surface area contributed by atoms with Crippen molar-refractivity contribution >= 4 is 21.6 Å². The predicted molar refractivity (Wildman–Crippen MR) is 54.8 cm³/mol. The molecule has 0 amide bonds. The highest BCUT2D eigenvalue weighted by Gasteiger charge is 2.33. The van der Waals surface area contributed by atoms with E-state index in [-0.39, 0.29) is 6.07 Å². The number of halogens is 3. The van der Waals surface area contributed by atoms with E-state index >= 15 is 0 Å². The maximum atomic E-state index is 12.3. The molecule has 0 aliphatic rings. The number of anilines is 1. The first kappa shape index (κ1) is 14.2. The Morgan fingerprint density at radius 3 is 2.28 bits per heavy atom. The molecule has 0 heterocycles. The summed E-state index contributed by atoms with van der Waals surface area (Å²) in [4.78, 5) is 9.40. The van der Waals surface area contributed by atoms with Gasteiger partial charge < -0.3 is 0 Å². The molecule has 1 aromatic carbocycles. The number of alkyl halides is 3. The normalized spacial score (nSPS) is 12.2. The molecule has 0 spiro atoms. The Kier molecular flexibility index (Phi) is 3.48. The van der Waals surface area contributed by atoms with Crippen molar-refractivity contribution in [3.8, 4) is 0 Å². The van der Waals surface area contributed by atoms with E-state index in [4.69, 9.17) is 0 Å². The molecular formula is C7H6F3N3O4S. The summed E-state index contributed by atoms with van der Waals surface area (Å²) in [7, 11) is -4.32. The topological polar surface area (TPSA) is 115 Å². The van der Waals surface area contributed by atoms with Gasteiger partial charge in [-0.25, -0.2) is 5.14 Å². The zero-order chi connectivity index (χ0) is 14.1. The van der Waals surface area contributed by atoms with Crippen LogP contribution in [0.25, 0.3) is 0 Å². The largest absolute Gasteiger partial charge is 0.416 e. The fraction of sp³-hybridized carbons (Fsp3) is 0.143. The van der Waals surface area contributed by atoms with E-state index in [1.54, 1.807) is 4.72 Å². The monoisotopic (exact) mass is 285 g/mol. The molecule has 11 heteroatoms. The van der Waals surface area contributed by atoms with Crippen LogP contribution in [0.1, 0.15) is 5.56 Å². The first-order valence-corrected chi connectivity index (χ1v) is 5.71. The highest BCUT2D eigenvalue weighted by atomic mass is 32.2. The molecule has 1 aromatic rings. The summed E-state index contributed by atoms with van der Waals surface area (Å²) in [6.07, 6.45) is -4.77. The maximum Gasteiger partial charge on any atom is 0.416 e. The Morgan fingerprint density at radius 2 is 1.89 bits per heavy atom. The van der Waals surface area contributed by atoms with E-state index in [0.29, 0.717) is 12.1 Å². The van der Waals surface area contributed by atoms with Crippen molar-refractivity contribution in [3.05, 3.63) is 33.9 Å². The van der Waals surface area contributed by atoms with Crippen molar-refractivity contribution in [1.82, 2.24) is 0 Å². The summed E-state index contributed by atoms with van der Waals surface area (Å²) in [6, 6.07) is 1.33.